The molecule has 13 heavy (non-hydrogen) atoms. The maximum absolute atomic E-state index is 10.9. The monoisotopic (exact) mass is 244 g/mol. The minimum absolute atomic E-state index is 0.366. The molecule has 0 bridgehead atoms. The van der Waals surface area contributed by atoms with Crippen molar-refractivity contribution in [3.05, 3.63) is 28.6 Å². The molecule has 0 spiro atoms. The number of rotatable bonds is 3. The van der Waals surface area contributed by atoms with E-state index in [9.17, 15) is 4.79 Å². The lowest BCUT2D eigenvalue weighted by Crippen LogP contribution is -1.98. The van der Waals surface area contributed by atoms with Crippen molar-refractivity contribution in [1.82, 2.24) is 0 Å². The Morgan fingerprint density at radius 2 is 2.54 bits per heavy atom. The number of hydrogen-bond donors (Lipinski definition) is 0. The lowest BCUT2D eigenvalue weighted by Gasteiger charge is -1.92. The molecule has 0 aliphatic rings. The Labute approximate surface area is 84.5 Å². The summed E-state index contributed by atoms with van der Waals surface area (Å²) < 4.78 is 10.6. The number of halogens is 1. The molecule has 0 amide bonds. The van der Waals surface area contributed by atoms with E-state index in [-0.39, 0.29) is 5.97 Å². The first kappa shape index (κ1) is 10.1. The molecule has 0 N–H and O–H groups in total. The van der Waals surface area contributed by atoms with Crippen molar-refractivity contribution in [2.75, 3.05) is 6.61 Å². The first-order valence-corrected chi connectivity index (χ1v) is 4.60. The second-order valence-electron chi connectivity index (χ2n) is 2.25. The highest BCUT2D eigenvalue weighted by Crippen LogP contribution is 2.14. The molecular weight excluding hydrogens is 236 g/mol. The molecule has 0 atom stereocenters. The third-order valence-corrected chi connectivity index (χ3v) is 1.67. The van der Waals surface area contributed by atoms with Gasteiger partial charge in [-0.15, -0.1) is 0 Å². The summed E-state index contributed by atoms with van der Waals surface area (Å²) in [6.45, 7) is 2.14. The molecule has 1 aromatic rings. The molecule has 0 aliphatic carbocycles. The molecule has 0 fully saturated rings. The molecule has 0 aromatic carbocycles. The van der Waals surface area contributed by atoms with Gasteiger partial charge in [-0.2, -0.15) is 0 Å². The van der Waals surface area contributed by atoms with Crippen LogP contribution in [0.1, 0.15) is 12.7 Å². The summed E-state index contributed by atoms with van der Waals surface area (Å²) in [4.78, 5) is 10.9. The van der Waals surface area contributed by atoms with Gasteiger partial charge in [-0.3, -0.25) is 0 Å². The van der Waals surface area contributed by atoms with E-state index in [4.69, 9.17) is 9.15 Å². The van der Waals surface area contributed by atoms with Crippen LogP contribution in [0.2, 0.25) is 0 Å². The minimum Gasteiger partial charge on any atom is -0.464 e. The van der Waals surface area contributed by atoms with E-state index in [0.29, 0.717) is 12.4 Å². The number of hydrogen-bond acceptors (Lipinski definition) is 3. The molecule has 0 saturated carbocycles. The van der Waals surface area contributed by atoms with Crippen LogP contribution in [0.4, 0.5) is 0 Å². The Balaban J connectivity index is 2.53. The third-order valence-electron chi connectivity index (χ3n) is 1.26. The minimum atomic E-state index is -0.366. The molecule has 0 unspecified atom stereocenters. The number of carbonyl (C=O) groups is 1. The maximum atomic E-state index is 10.9. The summed E-state index contributed by atoms with van der Waals surface area (Å²) >= 11 is 3.23. The zero-order chi connectivity index (χ0) is 9.68. The Hall–Kier alpha value is -1.03. The van der Waals surface area contributed by atoms with Crippen LogP contribution >= 0.6 is 15.9 Å². The van der Waals surface area contributed by atoms with E-state index >= 15 is 0 Å². The van der Waals surface area contributed by atoms with Gasteiger partial charge in [0.1, 0.15) is 12.0 Å². The van der Waals surface area contributed by atoms with Crippen molar-refractivity contribution < 1.29 is 13.9 Å². The second-order valence-corrected chi connectivity index (χ2v) is 3.17. The summed E-state index contributed by atoms with van der Waals surface area (Å²) in [6.07, 6.45) is 4.43. The Bertz CT molecular complexity index is 314. The molecule has 1 rings (SSSR count). The zero-order valence-corrected chi connectivity index (χ0v) is 8.71. The number of carbonyl (C=O) groups excluding carboxylic acids is 1. The fourth-order valence-corrected chi connectivity index (χ4v) is 1.08. The topological polar surface area (TPSA) is 39.4 Å². The average Bonchev–Trinajstić information content (AvgIpc) is 2.49. The Morgan fingerprint density at radius 3 is 3.08 bits per heavy atom. The van der Waals surface area contributed by atoms with E-state index in [1.807, 2.05) is 0 Å². The molecular formula is C9H9BrO3. The average molecular weight is 245 g/mol. The van der Waals surface area contributed by atoms with E-state index in [1.165, 1.54) is 6.08 Å². The van der Waals surface area contributed by atoms with Crippen molar-refractivity contribution in [3.63, 3.8) is 0 Å². The fraction of sp³-hybridized carbons (Fsp3) is 0.222. The van der Waals surface area contributed by atoms with Crippen LogP contribution in [0.25, 0.3) is 6.08 Å². The van der Waals surface area contributed by atoms with Crippen molar-refractivity contribution in [3.8, 4) is 0 Å². The first-order valence-electron chi connectivity index (χ1n) is 3.81. The van der Waals surface area contributed by atoms with Gasteiger partial charge < -0.3 is 9.15 Å². The van der Waals surface area contributed by atoms with E-state index in [1.54, 1.807) is 25.3 Å². The predicted octanol–water partition coefficient (Wildman–Crippen LogP) is 2.62. The number of ether oxygens (including phenoxy) is 1. The van der Waals surface area contributed by atoms with Crippen LogP contribution in [0.15, 0.2) is 27.3 Å². The summed E-state index contributed by atoms with van der Waals surface area (Å²) in [5.74, 6) is 0.245. The quantitative estimate of drug-likeness (QED) is 0.607. The van der Waals surface area contributed by atoms with Crippen molar-refractivity contribution >= 4 is 28.0 Å². The lowest BCUT2D eigenvalue weighted by atomic mass is 10.4. The highest BCUT2D eigenvalue weighted by atomic mass is 79.9. The van der Waals surface area contributed by atoms with Gasteiger partial charge in [0.05, 0.1) is 11.1 Å². The van der Waals surface area contributed by atoms with Crippen LogP contribution in [-0.2, 0) is 9.53 Å². The molecule has 0 saturated heterocycles. The van der Waals surface area contributed by atoms with Gasteiger partial charge in [0.25, 0.3) is 0 Å². The molecule has 4 heteroatoms. The third kappa shape index (κ3) is 3.46. The SMILES string of the molecule is CCOC(=O)C=Cc1cc(Br)co1. The lowest BCUT2D eigenvalue weighted by molar-refractivity contribution is -0.137. The molecule has 70 valence electrons. The van der Waals surface area contributed by atoms with Crippen molar-refractivity contribution in [1.29, 1.82) is 0 Å². The highest BCUT2D eigenvalue weighted by molar-refractivity contribution is 9.10. The standard InChI is InChI=1S/C9H9BrO3/c1-2-12-9(11)4-3-8-5-7(10)6-13-8/h3-6H,2H2,1H3. The highest BCUT2D eigenvalue weighted by Gasteiger charge is 1.97. The molecule has 0 radical (unpaired) electrons. The fourth-order valence-electron chi connectivity index (χ4n) is 0.756. The van der Waals surface area contributed by atoms with Gasteiger partial charge in [0.2, 0.25) is 0 Å². The molecule has 3 nitrogen and oxygen atoms in total. The molecule has 1 aromatic heterocycles. The van der Waals surface area contributed by atoms with E-state index < -0.39 is 0 Å². The Morgan fingerprint density at radius 1 is 1.77 bits per heavy atom. The number of esters is 1. The van der Waals surface area contributed by atoms with Crippen molar-refractivity contribution in [2.24, 2.45) is 0 Å². The predicted molar refractivity (Wildman–Crippen MR) is 52.1 cm³/mol. The van der Waals surface area contributed by atoms with Gasteiger partial charge >= 0.3 is 5.97 Å². The van der Waals surface area contributed by atoms with Crippen LogP contribution in [0.3, 0.4) is 0 Å². The molecule has 1 heterocycles. The number of furan rings is 1. The summed E-state index contributed by atoms with van der Waals surface area (Å²) in [7, 11) is 0. The van der Waals surface area contributed by atoms with Crippen molar-refractivity contribution in [2.45, 2.75) is 6.92 Å². The summed E-state index contributed by atoms with van der Waals surface area (Å²) in [5.41, 5.74) is 0. The van der Waals surface area contributed by atoms with E-state index in [0.717, 1.165) is 4.47 Å². The van der Waals surface area contributed by atoms with Gasteiger partial charge in [-0.1, -0.05) is 0 Å². The maximum Gasteiger partial charge on any atom is 0.330 e. The molecule has 0 aliphatic heterocycles. The van der Waals surface area contributed by atoms with Gasteiger partial charge in [-0.05, 0) is 35.0 Å². The van der Waals surface area contributed by atoms with Crippen LogP contribution in [0.5, 0.6) is 0 Å². The smallest absolute Gasteiger partial charge is 0.330 e. The van der Waals surface area contributed by atoms with Crippen LogP contribution < -0.4 is 0 Å². The van der Waals surface area contributed by atoms with Crippen LogP contribution in [-0.4, -0.2) is 12.6 Å². The van der Waals surface area contributed by atoms with Gasteiger partial charge in [0.15, 0.2) is 0 Å². The van der Waals surface area contributed by atoms with Gasteiger partial charge in [0, 0.05) is 6.08 Å². The normalized spacial score (nSPS) is 10.6. The second kappa shape index (κ2) is 4.87. The van der Waals surface area contributed by atoms with Gasteiger partial charge in [-0.25, -0.2) is 4.79 Å². The summed E-state index contributed by atoms with van der Waals surface area (Å²) in [6, 6.07) is 1.76. The van der Waals surface area contributed by atoms with Crippen LogP contribution in [0, 0.1) is 0 Å². The Kier molecular flexibility index (Phi) is 3.76. The first-order chi connectivity index (χ1) is 6.22. The largest absolute Gasteiger partial charge is 0.464 e. The summed E-state index contributed by atoms with van der Waals surface area (Å²) in [5, 5.41) is 0. The zero-order valence-electron chi connectivity index (χ0n) is 7.12. The van der Waals surface area contributed by atoms with E-state index in [2.05, 4.69) is 15.9 Å².